The van der Waals surface area contributed by atoms with E-state index >= 15 is 0 Å². The third kappa shape index (κ3) is 5.64. The van der Waals surface area contributed by atoms with Gasteiger partial charge in [0, 0.05) is 31.9 Å². The van der Waals surface area contributed by atoms with E-state index in [1.807, 2.05) is 0 Å². The summed E-state index contributed by atoms with van der Waals surface area (Å²) in [6.07, 6.45) is 0. The molecule has 1 amide bonds. The Labute approximate surface area is 177 Å². The minimum atomic E-state index is -3.73. The van der Waals surface area contributed by atoms with Crippen LogP contribution in [-0.2, 0) is 14.8 Å². The van der Waals surface area contributed by atoms with E-state index < -0.39 is 10.0 Å². The Balaban J connectivity index is 1.54. The van der Waals surface area contributed by atoms with Crippen molar-refractivity contribution in [2.75, 3.05) is 51.2 Å². The van der Waals surface area contributed by atoms with Gasteiger partial charge in [-0.1, -0.05) is 6.92 Å². The summed E-state index contributed by atoms with van der Waals surface area (Å²) in [5.41, 5.74) is 0.435. The van der Waals surface area contributed by atoms with Crippen molar-refractivity contribution in [3.63, 3.8) is 0 Å². The van der Waals surface area contributed by atoms with Gasteiger partial charge in [0.2, 0.25) is 0 Å². The molecular formula is C21H27N3O5S. The fourth-order valence-electron chi connectivity index (χ4n) is 3.14. The first-order chi connectivity index (χ1) is 14.4. The Morgan fingerprint density at radius 3 is 2.13 bits per heavy atom. The molecule has 2 aromatic carbocycles. The summed E-state index contributed by atoms with van der Waals surface area (Å²) >= 11 is 0. The smallest absolute Gasteiger partial charge is 0.261 e. The number of rotatable bonds is 8. The average Bonchev–Trinajstić information content (AvgIpc) is 2.78. The maximum Gasteiger partial charge on any atom is 0.261 e. The van der Waals surface area contributed by atoms with Crippen LogP contribution in [0.25, 0.3) is 0 Å². The zero-order valence-electron chi connectivity index (χ0n) is 17.2. The summed E-state index contributed by atoms with van der Waals surface area (Å²) in [5, 5.41) is 0. The van der Waals surface area contributed by atoms with Gasteiger partial charge in [0.1, 0.15) is 11.5 Å². The number of nitrogens with one attached hydrogen (secondary N) is 1. The molecule has 162 valence electrons. The molecule has 1 N–H and O–H groups in total. The number of piperazine rings is 1. The Bertz CT molecular complexity index is 938. The second-order valence-electron chi connectivity index (χ2n) is 6.91. The van der Waals surface area contributed by atoms with Gasteiger partial charge in [-0.2, -0.15) is 0 Å². The molecule has 1 aliphatic rings. The van der Waals surface area contributed by atoms with E-state index in [2.05, 4.69) is 16.5 Å². The van der Waals surface area contributed by atoms with Crippen LogP contribution in [0.5, 0.6) is 11.5 Å². The van der Waals surface area contributed by atoms with E-state index in [4.69, 9.17) is 9.47 Å². The SMILES string of the molecule is CCN1CCN(C(=O)COc2ccc(S(=O)(=O)Nc3ccc(OC)cc3)cc2)CC1. The number of methoxy groups -OCH3 is 1. The number of sulfonamides is 1. The van der Waals surface area contributed by atoms with Crippen LogP contribution in [0.2, 0.25) is 0 Å². The summed E-state index contributed by atoms with van der Waals surface area (Å²) in [6.45, 7) is 6.17. The lowest BCUT2D eigenvalue weighted by atomic mass is 10.3. The highest BCUT2D eigenvalue weighted by Gasteiger charge is 2.20. The van der Waals surface area contributed by atoms with Crippen molar-refractivity contribution in [2.45, 2.75) is 11.8 Å². The van der Waals surface area contributed by atoms with Crippen LogP contribution in [0.15, 0.2) is 53.4 Å². The maximum atomic E-state index is 12.5. The summed E-state index contributed by atoms with van der Waals surface area (Å²) in [7, 11) is -2.19. The predicted octanol–water partition coefficient (Wildman–Crippen LogP) is 2.04. The van der Waals surface area contributed by atoms with E-state index in [0.717, 1.165) is 19.6 Å². The minimum absolute atomic E-state index is 0.0661. The van der Waals surface area contributed by atoms with Gasteiger partial charge in [-0.25, -0.2) is 8.42 Å². The molecule has 0 radical (unpaired) electrons. The van der Waals surface area contributed by atoms with Gasteiger partial charge < -0.3 is 19.3 Å². The Morgan fingerprint density at radius 1 is 0.967 bits per heavy atom. The molecule has 2 aromatic rings. The van der Waals surface area contributed by atoms with Crippen molar-refractivity contribution in [3.05, 3.63) is 48.5 Å². The lowest BCUT2D eigenvalue weighted by molar-refractivity contribution is -0.135. The quantitative estimate of drug-likeness (QED) is 0.686. The molecule has 3 rings (SSSR count). The van der Waals surface area contributed by atoms with E-state index in [9.17, 15) is 13.2 Å². The summed E-state index contributed by atoms with van der Waals surface area (Å²) < 4.78 is 38.2. The summed E-state index contributed by atoms with van der Waals surface area (Å²) in [4.78, 5) is 16.5. The van der Waals surface area contributed by atoms with Gasteiger partial charge in [-0.15, -0.1) is 0 Å². The van der Waals surface area contributed by atoms with Gasteiger partial charge in [0.05, 0.1) is 12.0 Å². The van der Waals surface area contributed by atoms with Crippen molar-refractivity contribution in [2.24, 2.45) is 0 Å². The van der Waals surface area contributed by atoms with E-state index in [-0.39, 0.29) is 17.4 Å². The zero-order valence-corrected chi connectivity index (χ0v) is 18.0. The third-order valence-corrected chi connectivity index (χ3v) is 6.41. The highest BCUT2D eigenvalue weighted by Crippen LogP contribution is 2.21. The van der Waals surface area contributed by atoms with Crippen LogP contribution in [0, 0.1) is 0 Å². The highest BCUT2D eigenvalue weighted by atomic mass is 32.2. The number of anilines is 1. The van der Waals surface area contributed by atoms with Gasteiger partial charge in [-0.3, -0.25) is 9.52 Å². The first-order valence-electron chi connectivity index (χ1n) is 9.81. The molecule has 1 heterocycles. The zero-order chi connectivity index (χ0) is 21.6. The average molecular weight is 434 g/mol. The fourth-order valence-corrected chi connectivity index (χ4v) is 4.20. The number of benzene rings is 2. The standard InChI is InChI=1S/C21H27N3O5S/c1-3-23-12-14-24(15-13-23)21(25)16-29-19-8-10-20(11-9-19)30(26,27)22-17-4-6-18(28-2)7-5-17/h4-11,22H,3,12-16H2,1-2H3. The number of hydrogen-bond donors (Lipinski definition) is 1. The topological polar surface area (TPSA) is 88.2 Å². The number of carbonyl (C=O) groups excluding carboxylic acids is 1. The van der Waals surface area contributed by atoms with Crippen LogP contribution in [0.3, 0.4) is 0 Å². The normalized spacial score (nSPS) is 14.9. The Morgan fingerprint density at radius 2 is 1.57 bits per heavy atom. The minimum Gasteiger partial charge on any atom is -0.497 e. The van der Waals surface area contributed by atoms with Crippen LogP contribution in [-0.4, -0.2) is 70.6 Å². The van der Waals surface area contributed by atoms with E-state index in [0.29, 0.717) is 30.3 Å². The van der Waals surface area contributed by atoms with Crippen LogP contribution in [0.4, 0.5) is 5.69 Å². The first-order valence-corrected chi connectivity index (χ1v) is 11.3. The number of likely N-dealkylation sites (N-methyl/N-ethyl adjacent to an activating group) is 1. The van der Waals surface area contributed by atoms with Gasteiger partial charge >= 0.3 is 0 Å². The molecule has 9 heteroatoms. The van der Waals surface area contributed by atoms with Gasteiger partial charge in [-0.05, 0) is 55.1 Å². The number of carbonyl (C=O) groups is 1. The molecule has 1 aliphatic heterocycles. The lowest BCUT2D eigenvalue weighted by Crippen LogP contribution is -2.49. The molecular weight excluding hydrogens is 406 g/mol. The molecule has 30 heavy (non-hydrogen) atoms. The molecule has 0 aliphatic carbocycles. The molecule has 0 atom stereocenters. The second kappa shape index (κ2) is 9.82. The first kappa shape index (κ1) is 21.9. The molecule has 1 fully saturated rings. The second-order valence-corrected chi connectivity index (χ2v) is 8.59. The molecule has 0 saturated carbocycles. The molecule has 0 aromatic heterocycles. The van der Waals surface area contributed by atoms with Crippen molar-refractivity contribution in [3.8, 4) is 11.5 Å². The van der Waals surface area contributed by atoms with Gasteiger partial charge in [0.15, 0.2) is 6.61 Å². The van der Waals surface area contributed by atoms with E-state index in [1.54, 1.807) is 48.4 Å². The van der Waals surface area contributed by atoms with Crippen LogP contribution >= 0.6 is 0 Å². The fraction of sp³-hybridized carbons (Fsp3) is 0.381. The monoisotopic (exact) mass is 433 g/mol. The Kier molecular flexibility index (Phi) is 7.17. The largest absolute Gasteiger partial charge is 0.497 e. The number of amides is 1. The van der Waals surface area contributed by atoms with E-state index in [1.165, 1.54) is 12.1 Å². The summed E-state index contributed by atoms with van der Waals surface area (Å²) in [6, 6.07) is 12.6. The van der Waals surface area contributed by atoms with Gasteiger partial charge in [0.25, 0.3) is 15.9 Å². The molecule has 1 saturated heterocycles. The molecule has 0 spiro atoms. The Hall–Kier alpha value is -2.78. The third-order valence-electron chi connectivity index (χ3n) is 5.01. The molecule has 0 unspecified atom stereocenters. The molecule has 8 nitrogen and oxygen atoms in total. The van der Waals surface area contributed by atoms with Crippen molar-refractivity contribution < 1.29 is 22.7 Å². The van der Waals surface area contributed by atoms with Crippen LogP contribution in [0.1, 0.15) is 6.92 Å². The van der Waals surface area contributed by atoms with Crippen molar-refractivity contribution in [1.29, 1.82) is 0 Å². The number of nitrogens with zero attached hydrogens (tertiary/aromatic N) is 2. The highest BCUT2D eigenvalue weighted by molar-refractivity contribution is 7.92. The number of ether oxygens (including phenoxy) is 2. The number of hydrogen-bond acceptors (Lipinski definition) is 6. The van der Waals surface area contributed by atoms with Crippen molar-refractivity contribution in [1.82, 2.24) is 9.80 Å². The summed E-state index contributed by atoms with van der Waals surface area (Å²) in [5.74, 6) is 1.02. The lowest BCUT2D eigenvalue weighted by Gasteiger charge is -2.33. The predicted molar refractivity (Wildman–Crippen MR) is 114 cm³/mol. The maximum absolute atomic E-state index is 12.5. The van der Waals surface area contributed by atoms with Crippen LogP contribution < -0.4 is 14.2 Å². The molecule has 0 bridgehead atoms. The van der Waals surface area contributed by atoms with Crippen molar-refractivity contribution >= 4 is 21.6 Å².